The molecule has 0 atom stereocenters. The Morgan fingerprint density at radius 2 is 1.47 bits per heavy atom. The third-order valence-electron chi connectivity index (χ3n) is 4.55. The quantitative estimate of drug-likeness (QED) is 0.429. The second kappa shape index (κ2) is 9.77. The van der Waals surface area contributed by atoms with Crippen LogP contribution in [0.4, 0.5) is 27.6 Å². The maximum atomic E-state index is 14.1. The van der Waals surface area contributed by atoms with Gasteiger partial charge < -0.3 is 19.1 Å². The summed E-state index contributed by atoms with van der Waals surface area (Å²) in [6.45, 7) is 0. The second-order valence-electron chi connectivity index (χ2n) is 6.68. The number of allylic oxidation sites excluding steroid dienone is 2. The van der Waals surface area contributed by atoms with Gasteiger partial charge in [0.15, 0.2) is 17.4 Å². The van der Waals surface area contributed by atoms with Gasteiger partial charge in [-0.25, -0.2) is 18.4 Å². The summed E-state index contributed by atoms with van der Waals surface area (Å²) in [5, 5.41) is 0. The molecule has 0 N–H and O–H groups in total. The average Bonchev–Trinajstić information content (AvgIpc) is 3.03. The summed E-state index contributed by atoms with van der Waals surface area (Å²) in [6.07, 6.45) is 0.941. The molecule has 0 aromatic heterocycles. The molecule has 178 valence electrons. The predicted octanol–water partition coefficient (Wildman–Crippen LogP) is 5.27. The first-order chi connectivity index (χ1) is 16.1. The zero-order chi connectivity index (χ0) is 25.0. The first kappa shape index (κ1) is 24.5. The molecule has 0 aliphatic carbocycles. The van der Waals surface area contributed by atoms with Gasteiger partial charge in [-0.05, 0) is 48.6 Å². The predicted molar refractivity (Wildman–Crippen MR) is 110 cm³/mol. The summed E-state index contributed by atoms with van der Waals surface area (Å²) >= 11 is 0. The van der Waals surface area contributed by atoms with E-state index in [4.69, 9.17) is 14.2 Å². The van der Waals surface area contributed by atoms with Crippen molar-refractivity contribution in [3.05, 3.63) is 89.3 Å². The van der Waals surface area contributed by atoms with Crippen LogP contribution in [0.1, 0.15) is 5.56 Å². The summed E-state index contributed by atoms with van der Waals surface area (Å²) in [5.41, 5.74) is -1.42. The Morgan fingerprint density at radius 3 is 2.00 bits per heavy atom. The molecule has 1 aliphatic rings. The lowest BCUT2D eigenvalue weighted by Gasteiger charge is -2.23. The smallest absolute Gasteiger partial charge is 0.416 e. The standard InChI is InChI=1S/C23H16F5NO5/c1-32-21(30)16-5-3-4-10-29(19(16)22(31)33-2)14-6-8-15(9-7-14)34-20-17(24)11-13(12-18(20)25)23(26,27)28/h3-12H,1-2H3. The maximum absolute atomic E-state index is 14.1. The highest BCUT2D eigenvalue weighted by molar-refractivity contribution is 6.05. The van der Waals surface area contributed by atoms with Gasteiger partial charge in [0.1, 0.15) is 11.4 Å². The van der Waals surface area contributed by atoms with Crippen molar-refractivity contribution in [3.8, 4) is 11.5 Å². The molecule has 0 saturated heterocycles. The van der Waals surface area contributed by atoms with Crippen LogP contribution in [0.3, 0.4) is 0 Å². The molecule has 34 heavy (non-hydrogen) atoms. The molecule has 11 heteroatoms. The van der Waals surface area contributed by atoms with E-state index in [2.05, 4.69) is 0 Å². The number of ether oxygens (including phenoxy) is 3. The first-order valence-electron chi connectivity index (χ1n) is 9.46. The van der Waals surface area contributed by atoms with Crippen LogP contribution in [-0.4, -0.2) is 26.2 Å². The topological polar surface area (TPSA) is 65.1 Å². The molecule has 6 nitrogen and oxygen atoms in total. The van der Waals surface area contributed by atoms with Crippen LogP contribution in [-0.2, 0) is 25.2 Å². The van der Waals surface area contributed by atoms with Crippen LogP contribution in [0.25, 0.3) is 0 Å². The fourth-order valence-electron chi connectivity index (χ4n) is 2.98. The molecule has 1 heterocycles. The molecule has 0 unspecified atom stereocenters. The largest absolute Gasteiger partial charge is 0.465 e. The fourth-order valence-corrected chi connectivity index (χ4v) is 2.98. The lowest BCUT2D eigenvalue weighted by Crippen LogP contribution is -2.26. The minimum Gasteiger partial charge on any atom is -0.465 e. The molecule has 0 saturated carbocycles. The van der Waals surface area contributed by atoms with E-state index < -0.39 is 41.1 Å². The fraction of sp³-hybridized carbons (Fsp3) is 0.130. The van der Waals surface area contributed by atoms with Crippen LogP contribution in [0, 0.1) is 11.6 Å². The van der Waals surface area contributed by atoms with Crippen molar-refractivity contribution >= 4 is 17.6 Å². The third kappa shape index (κ3) is 5.08. The lowest BCUT2D eigenvalue weighted by molar-refractivity contribution is -0.139. The normalized spacial score (nSPS) is 13.6. The molecule has 3 rings (SSSR count). The highest BCUT2D eigenvalue weighted by Gasteiger charge is 2.33. The number of rotatable bonds is 5. The number of methoxy groups -OCH3 is 2. The monoisotopic (exact) mass is 481 g/mol. The van der Waals surface area contributed by atoms with Crippen LogP contribution < -0.4 is 9.64 Å². The Bertz CT molecular complexity index is 1180. The van der Waals surface area contributed by atoms with Crippen molar-refractivity contribution in [2.45, 2.75) is 6.18 Å². The Balaban J connectivity index is 1.95. The molecule has 0 radical (unpaired) electrons. The van der Waals surface area contributed by atoms with E-state index in [9.17, 15) is 31.5 Å². The Kier molecular flexibility index (Phi) is 7.04. The van der Waals surface area contributed by atoms with Crippen LogP contribution >= 0.6 is 0 Å². The average molecular weight is 481 g/mol. The van der Waals surface area contributed by atoms with E-state index in [-0.39, 0.29) is 29.2 Å². The number of carbonyl (C=O) groups excluding carboxylic acids is 2. The van der Waals surface area contributed by atoms with E-state index in [1.807, 2.05) is 0 Å². The van der Waals surface area contributed by atoms with Gasteiger partial charge in [0.2, 0.25) is 0 Å². The van der Waals surface area contributed by atoms with E-state index in [1.165, 1.54) is 53.6 Å². The van der Waals surface area contributed by atoms with Crippen molar-refractivity contribution in [1.29, 1.82) is 0 Å². The molecule has 1 aliphatic heterocycles. The third-order valence-corrected chi connectivity index (χ3v) is 4.55. The van der Waals surface area contributed by atoms with E-state index in [0.717, 1.165) is 14.2 Å². The van der Waals surface area contributed by atoms with Gasteiger partial charge in [-0.1, -0.05) is 6.08 Å². The van der Waals surface area contributed by atoms with Crippen molar-refractivity contribution in [2.75, 3.05) is 19.1 Å². The van der Waals surface area contributed by atoms with Gasteiger partial charge in [-0.15, -0.1) is 0 Å². The van der Waals surface area contributed by atoms with Crippen molar-refractivity contribution in [2.24, 2.45) is 0 Å². The summed E-state index contributed by atoms with van der Waals surface area (Å²) in [7, 11) is 2.27. The SMILES string of the molecule is COC(=O)C1=C(C(=O)OC)N(c2ccc(Oc3c(F)cc(C(F)(F)F)cc3F)cc2)C=CC=C1. The van der Waals surface area contributed by atoms with Gasteiger partial charge in [0.05, 0.1) is 25.4 Å². The van der Waals surface area contributed by atoms with Crippen LogP contribution in [0.5, 0.6) is 11.5 Å². The molecule has 0 spiro atoms. The number of benzene rings is 2. The molecule has 0 amide bonds. The number of alkyl halides is 3. The zero-order valence-corrected chi connectivity index (χ0v) is 17.7. The molecule has 2 aromatic carbocycles. The minimum absolute atomic E-state index is 0.0893. The molecular formula is C23H16F5NO5. The highest BCUT2D eigenvalue weighted by Crippen LogP contribution is 2.36. The Hall–Kier alpha value is -4.15. The summed E-state index contributed by atoms with van der Waals surface area (Å²) in [6, 6.07) is 5.58. The van der Waals surface area contributed by atoms with Gasteiger partial charge >= 0.3 is 18.1 Å². The number of nitrogens with zero attached hydrogens (tertiary/aromatic N) is 1. The second-order valence-corrected chi connectivity index (χ2v) is 6.68. The number of hydrogen-bond acceptors (Lipinski definition) is 6. The number of halogens is 5. The zero-order valence-electron chi connectivity index (χ0n) is 17.7. The Labute approximate surface area is 190 Å². The molecule has 2 aromatic rings. The summed E-state index contributed by atoms with van der Waals surface area (Å²) < 4.78 is 80.9. The van der Waals surface area contributed by atoms with Crippen molar-refractivity contribution in [1.82, 2.24) is 0 Å². The highest BCUT2D eigenvalue weighted by atomic mass is 19.4. The van der Waals surface area contributed by atoms with Crippen LogP contribution in [0.2, 0.25) is 0 Å². The number of hydrogen-bond donors (Lipinski definition) is 0. The molecular weight excluding hydrogens is 465 g/mol. The van der Waals surface area contributed by atoms with E-state index in [0.29, 0.717) is 5.69 Å². The lowest BCUT2D eigenvalue weighted by atomic mass is 10.1. The summed E-state index contributed by atoms with van der Waals surface area (Å²) in [4.78, 5) is 25.9. The number of esters is 2. The summed E-state index contributed by atoms with van der Waals surface area (Å²) in [5.74, 6) is -5.81. The van der Waals surface area contributed by atoms with Gasteiger partial charge in [-0.3, -0.25) is 0 Å². The molecule has 0 bridgehead atoms. The Morgan fingerprint density at radius 1 is 0.882 bits per heavy atom. The van der Waals surface area contributed by atoms with Gasteiger partial charge in [0, 0.05) is 11.9 Å². The minimum atomic E-state index is -4.93. The van der Waals surface area contributed by atoms with E-state index >= 15 is 0 Å². The van der Waals surface area contributed by atoms with E-state index in [1.54, 1.807) is 0 Å². The number of carbonyl (C=O) groups is 2. The maximum Gasteiger partial charge on any atom is 0.416 e. The molecule has 0 fully saturated rings. The van der Waals surface area contributed by atoms with Gasteiger partial charge in [0.25, 0.3) is 0 Å². The van der Waals surface area contributed by atoms with Gasteiger partial charge in [-0.2, -0.15) is 13.2 Å². The van der Waals surface area contributed by atoms with Crippen LogP contribution in [0.15, 0.2) is 72.1 Å². The first-order valence-corrected chi connectivity index (χ1v) is 9.46. The van der Waals surface area contributed by atoms with Crippen molar-refractivity contribution in [3.63, 3.8) is 0 Å². The van der Waals surface area contributed by atoms with Crippen molar-refractivity contribution < 1.29 is 45.8 Å². The number of anilines is 1.